The molecule has 3 aromatic rings. The molecule has 1 fully saturated rings. The smallest absolute Gasteiger partial charge is 0.230 e. The second-order valence-electron chi connectivity index (χ2n) is 8.67. The third kappa shape index (κ3) is 4.34. The van der Waals surface area contributed by atoms with Gasteiger partial charge in [-0.15, -0.1) is 10.2 Å². The minimum atomic E-state index is -0.0626. The van der Waals surface area contributed by atoms with Crippen LogP contribution in [0.1, 0.15) is 37.0 Å². The second-order valence-corrected chi connectivity index (χ2v) is 9.61. The summed E-state index contributed by atoms with van der Waals surface area (Å²) in [6.07, 6.45) is 6.07. The number of aryl methyl sites for hydroxylation is 1. The van der Waals surface area contributed by atoms with Gasteiger partial charge in [0.25, 0.3) is 0 Å². The van der Waals surface area contributed by atoms with Crippen LogP contribution in [0.4, 0.5) is 0 Å². The summed E-state index contributed by atoms with van der Waals surface area (Å²) in [4.78, 5) is 12.7. The minimum Gasteiger partial charge on any atom is -0.486 e. The Labute approximate surface area is 197 Å². The van der Waals surface area contributed by atoms with Gasteiger partial charge in [0, 0.05) is 19.0 Å². The number of fused-ring (bicyclic) bond motifs is 1. The van der Waals surface area contributed by atoms with Crippen LogP contribution >= 0.6 is 11.8 Å². The number of hydrogen-bond donors (Lipinski definition) is 1. The van der Waals surface area contributed by atoms with E-state index < -0.39 is 0 Å². The lowest BCUT2D eigenvalue weighted by molar-refractivity contribution is -0.118. The standard InChI is InChI=1S/C24H28N4O4S/c1-16-18(7-10-30-16)22-26-27-23(28(22)2)33-14-21(29)25-15-24(8-3-4-9-24)17-5-6-19-20(13-17)32-12-11-31-19/h5-7,10,13H,3-4,8-9,11-12,14-15H2,1-2H3,(H,25,29). The van der Waals surface area contributed by atoms with Crippen LogP contribution in [0.3, 0.4) is 0 Å². The summed E-state index contributed by atoms with van der Waals surface area (Å²) in [5.74, 6) is 3.40. The number of hydrogen-bond acceptors (Lipinski definition) is 7. The van der Waals surface area contributed by atoms with E-state index in [4.69, 9.17) is 13.9 Å². The largest absolute Gasteiger partial charge is 0.486 e. The molecule has 5 rings (SSSR count). The number of carbonyl (C=O) groups excluding carboxylic acids is 1. The molecule has 174 valence electrons. The molecule has 0 radical (unpaired) electrons. The van der Waals surface area contributed by atoms with E-state index in [1.807, 2.05) is 30.7 Å². The number of ether oxygens (including phenoxy) is 2. The number of furan rings is 1. The fourth-order valence-electron chi connectivity index (χ4n) is 4.73. The van der Waals surface area contributed by atoms with E-state index >= 15 is 0 Å². The van der Waals surface area contributed by atoms with Crippen molar-refractivity contribution in [2.24, 2.45) is 7.05 Å². The molecular weight excluding hydrogens is 440 g/mol. The molecule has 1 aliphatic carbocycles. The maximum atomic E-state index is 12.7. The zero-order chi connectivity index (χ0) is 22.8. The Balaban J connectivity index is 1.22. The highest BCUT2D eigenvalue weighted by Gasteiger charge is 2.36. The predicted octanol–water partition coefficient (Wildman–Crippen LogP) is 3.88. The maximum Gasteiger partial charge on any atom is 0.230 e. The van der Waals surface area contributed by atoms with E-state index in [1.54, 1.807) is 6.26 Å². The highest BCUT2D eigenvalue weighted by atomic mass is 32.2. The van der Waals surface area contributed by atoms with Crippen molar-refractivity contribution in [3.63, 3.8) is 0 Å². The maximum absolute atomic E-state index is 12.7. The van der Waals surface area contributed by atoms with Gasteiger partial charge < -0.3 is 23.8 Å². The lowest BCUT2D eigenvalue weighted by Crippen LogP contribution is -2.39. The van der Waals surface area contributed by atoms with E-state index in [1.165, 1.54) is 17.3 Å². The zero-order valence-corrected chi connectivity index (χ0v) is 19.7. The number of nitrogens with one attached hydrogen (secondary N) is 1. The lowest BCUT2D eigenvalue weighted by atomic mass is 9.78. The number of rotatable bonds is 7. The molecule has 0 atom stereocenters. The number of benzene rings is 1. The van der Waals surface area contributed by atoms with E-state index in [0.29, 0.717) is 24.9 Å². The van der Waals surface area contributed by atoms with Gasteiger partial charge in [0.05, 0.1) is 17.6 Å². The van der Waals surface area contributed by atoms with Crippen molar-refractivity contribution in [2.75, 3.05) is 25.5 Å². The normalized spacial score (nSPS) is 16.7. The fraction of sp³-hybridized carbons (Fsp3) is 0.458. The van der Waals surface area contributed by atoms with Crippen LogP contribution in [0.2, 0.25) is 0 Å². The molecule has 2 aromatic heterocycles. The first kappa shape index (κ1) is 21.9. The van der Waals surface area contributed by atoms with Gasteiger partial charge in [0.2, 0.25) is 5.91 Å². The third-order valence-electron chi connectivity index (χ3n) is 6.61. The molecule has 1 saturated carbocycles. The van der Waals surface area contributed by atoms with Crippen molar-refractivity contribution < 1.29 is 18.7 Å². The van der Waals surface area contributed by atoms with Crippen molar-refractivity contribution in [3.05, 3.63) is 41.9 Å². The summed E-state index contributed by atoms with van der Waals surface area (Å²) < 4.78 is 18.7. The zero-order valence-electron chi connectivity index (χ0n) is 18.9. The van der Waals surface area contributed by atoms with Gasteiger partial charge in [-0.05, 0) is 43.5 Å². The summed E-state index contributed by atoms with van der Waals surface area (Å²) in [6.45, 7) is 3.66. The van der Waals surface area contributed by atoms with Gasteiger partial charge in [0.1, 0.15) is 19.0 Å². The van der Waals surface area contributed by atoms with Crippen molar-refractivity contribution in [2.45, 2.75) is 43.2 Å². The molecule has 0 spiro atoms. The van der Waals surface area contributed by atoms with Gasteiger partial charge in [-0.1, -0.05) is 30.7 Å². The molecule has 1 N–H and O–H groups in total. The Morgan fingerprint density at radius 2 is 1.94 bits per heavy atom. The molecular formula is C24H28N4O4S. The van der Waals surface area contributed by atoms with Gasteiger partial charge in [-0.2, -0.15) is 0 Å². The van der Waals surface area contributed by atoms with Crippen LogP contribution in [-0.2, 0) is 17.3 Å². The molecule has 3 heterocycles. The van der Waals surface area contributed by atoms with Gasteiger partial charge in [-0.3, -0.25) is 4.79 Å². The Bertz CT molecular complexity index is 1150. The summed E-state index contributed by atoms with van der Waals surface area (Å²) in [5, 5.41) is 12.4. The minimum absolute atomic E-state index is 0.00661. The molecule has 2 aliphatic rings. The summed E-state index contributed by atoms with van der Waals surface area (Å²) in [5.41, 5.74) is 2.06. The predicted molar refractivity (Wildman–Crippen MR) is 125 cm³/mol. The van der Waals surface area contributed by atoms with Crippen molar-refractivity contribution >= 4 is 17.7 Å². The van der Waals surface area contributed by atoms with Crippen molar-refractivity contribution in [1.29, 1.82) is 0 Å². The van der Waals surface area contributed by atoms with E-state index in [0.717, 1.165) is 54.3 Å². The average Bonchev–Trinajstić information content (AvgIpc) is 3.57. The van der Waals surface area contributed by atoms with Crippen LogP contribution in [-0.4, -0.2) is 46.2 Å². The first-order valence-corrected chi connectivity index (χ1v) is 12.3. The number of thioether (sulfide) groups is 1. The Kier molecular flexibility index (Phi) is 6.05. The van der Waals surface area contributed by atoms with Crippen molar-refractivity contribution in [1.82, 2.24) is 20.1 Å². The molecule has 1 amide bonds. The topological polar surface area (TPSA) is 91.4 Å². The molecule has 1 aliphatic heterocycles. The van der Waals surface area contributed by atoms with Crippen molar-refractivity contribution in [3.8, 4) is 22.9 Å². The Morgan fingerprint density at radius 1 is 1.15 bits per heavy atom. The highest BCUT2D eigenvalue weighted by molar-refractivity contribution is 7.99. The van der Waals surface area contributed by atoms with Crippen LogP contribution < -0.4 is 14.8 Å². The Morgan fingerprint density at radius 3 is 2.70 bits per heavy atom. The molecule has 9 heteroatoms. The third-order valence-corrected chi connectivity index (χ3v) is 7.63. The van der Waals surface area contributed by atoms with Gasteiger partial charge >= 0.3 is 0 Å². The van der Waals surface area contributed by atoms with E-state index in [9.17, 15) is 4.79 Å². The number of amides is 1. The lowest BCUT2D eigenvalue weighted by Gasteiger charge is -2.31. The van der Waals surface area contributed by atoms with Gasteiger partial charge in [0.15, 0.2) is 22.5 Å². The SMILES string of the molecule is Cc1occc1-c1nnc(SCC(=O)NCC2(c3ccc4c(c3)OCCO4)CCCC2)n1C. The number of nitrogens with zero attached hydrogens (tertiary/aromatic N) is 3. The molecule has 33 heavy (non-hydrogen) atoms. The van der Waals surface area contributed by atoms with Gasteiger partial charge in [-0.25, -0.2) is 0 Å². The summed E-state index contributed by atoms with van der Waals surface area (Å²) in [7, 11) is 1.90. The fourth-order valence-corrected chi connectivity index (χ4v) is 5.47. The molecule has 1 aromatic carbocycles. The summed E-state index contributed by atoms with van der Waals surface area (Å²) >= 11 is 1.39. The molecule has 8 nitrogen and oxygen atoms in total. The van der Waals surface area contributed by atoms with Crippen LogP contribution in [0.15, 0.2) is 40.1 Å². The number of aromatic nitrogens is 3. The molecule has 0 bridgehead atoms. The van der Waals surface area contributed by atoms with Crippen LogP contribution in [0.5, 0.6) is 11.5 Å². The molecule has 0 unspecified atom stereocenters. The summed E-state index contributed by atoms with van der Waals surface area (Å²) in [6, 6.07) is 8.09. The Hall–Kier alpha value is -2.94. The highest BCUT2D eigenvalue weighted by Crippen LogP contribution is 2.43. The first-order valence-electron chi connectivity index (χ1n) is 11.3. The molecule has 0 saturated heterocycles. The average molecular weight is 469 g/mol. The quantitative estimate of drug-likeness (QED) is 0.526. The van der Waals surface area contributed by atoms with Crippen LogP contribution in [0, 0.1) is 6.92 Å². The van der Waals surface area contributed by atoms with E-state index in [-0.39, 0.29) is 17.1 Å². The second kappa shape index (κ2) is 9.13. The van der Waals surface area contributed by atoms with E-state index in [2.05, 4.69) is 27.6 Å². The monoisotopic (exact) mass is 468 g/mol. The van der Waals surface area contributed by atoms with Crippen LogP contribution in [0.25, 0.3) is 11.4 Å². The first-order chi connectivity index (χ1) is 16.1. The number of carbonyl (C=O) groups is 1.